The number of hydrogen-bond acceptors (Lipinski definition) is 4. The van der Waals surface area contributed by atoms with Crippen molar-refractivity contribution in [2.24, 2.45) is 0 Å². The van der Waals surface area contributed by atoms with E-state index < -0.39 is 5.97 Å². The van der Waals surface area contributed by atoms with Crippen molar-refractivity contribution in [1.82, 2.24) is 15.3 Å². The molecule has 0 aliphatic carbocycles. The highest BCUT2D eigenvalue weighted by molar-refractivity contribution is 5.96. The van der Waals surface area contributed by atoms with E-state index in [4.69, 9.17) is 5.11 Å². The second-order valence-corrected chi connectivity index (χ2v) is 4.23. The third-order valence-corrected chi connectivity index (χ3v) is 2.67. The fourth-order valence-corrected chi connectivity index (χ4v) is 1.58. The standard InChI is InChI=1S/C14H13N3O3/c1-9-2-3-10(7-16-9)8-17-13(18)11-4-5-15-12(6-11)14(19)20/h2-7H,8H2,1H3,(H,17,18)(H,19,20). The molecule has 0 aliphatic heterocycles. The van der Waals surface area contributed by atoms with Crippen LogP contribution < -0.4 is 5.32 Å². The Balaban J connectivity index is 2.03. The van der Waals surface area contributed by atoms with E-state index in [-0.39, 0.29) is 17.2 Å². The monoisotopic (exact) mass is 271 g/mol. The average Bonchev–Trinajstić information content (AvgIpc) is 2.46. The fraction of sp³-hybridized carbons (Fsp3) is 0.143. The minimum absolute atomic E-state index is 0.158. The van der Waals surface area contributed by atoms with E-state index >= 15 is 0 Å². The Bertz CT molecular complexity index is 638. The number of aromatic nitrogens is 2. The average molecular weight is 271 g/mol. The molecule has 20 heavy (non-hydrogen) atoms. The number of aromatic carboxylic acids is 1. The number of carbonyl (C=O) groups is 2. The Kier molecular flexibility index (Phi) is 4.05. The Morgan fingerprint density at radius 2 is 2.05 bits per heavy atom. The van der Waals surface area contributed by atoms with Crippen LogP contribution in [0, 0.1) is 6.92 Å². The topological polar surface area (TPSA) is 92.2 Å². The van der Waals surface area contributed by atoms with Crippen molar-refractivity contribution in [2.75, 3.05) is 0 Å². The molecule has 0 bridgehead atoms. The SMILES string of the molecule is Cc1ccc(CNC(=O)c2ccnc(C(=O)O)c2)cn1. The van der Waals surface area contributed by atoms with Crippen LogP contribution in [0.4, 0.5) is 0 Å². The van der Waals surface area contributed by atoms with Crippen molar-refractivity contribution in [3.63, 3.8) is 0 Å². The van der Waals surface area contributed by atoms with Gasteiger partial charge in [-0.25, -0.2) is 9.78 Å². The summed E-state index contributed by atoms with van der Waals surface area (Å²) < 4.78 is 0. The van der Waals surface area contributed by atoms with Crippen molar-refractivity contribution in [3.8, 4) is 0 Å². The lowest BCUT2D eigenvalue weighted by Gasteiger charge is -2.05. The van der Waals surface area contributed by atoms with Gasteiger partial charge < -0.3 is 10.4 Å². The van der Waals surface area contributed by atoms with Gasteiger partial charge in [0, 0.05) is 30.2 Å². The zero-order valence-electron chi connectivity index (χ0n) is 10.8. The Labute approximate surface area is 115 Å². The summed E-state index contributed by atoms with van der Waals surface area (Å²) in [5.74, 6) is -1.52. The molecule has 6 nitrogen and oxygen atoms in total. The summed E-state index contributed by atoms with van der Waals surface area (Å²) in [5.41, 5.74) is 1.88. The molecule has 0 unspecified atom stereocenters. The van der Waals surface area contributed by atoms with E-state index in [9.17, 15) is 9.59 Å². The van der Waals surface area contributed by atoms with Crippen LogP contribution >= 0.6 is 0 Å². The molecule has 0 aromatic carbocycles. The highest BCUT2D eigenvalue weighted by atomic mass is 16.4. The molecule has 0 radical (unpaired) electrons. The summed E-state index contributed by atoms with van der Waals surface area (Å²) >= 11 is 0. The lowest BCUT2D eigenvalue weighted by molar-refractivity contribution is 0.0690. The molecule has 0 fully saturated rings. The normalized spacial score (nSPS) is 10.1. The minimum Gasteiger partial charge on any atom is -0.477 e. The zero-order chi connectivity index (χ0) is 14.5. The van der Waals surface area contributed by atoms with E-state index in [2.05, 4.69) is 15.3 Å². The molecule has 0 saturated carbocycles. The van der Waals surface area contributed by atoms with Gasteiger partial charge in [-0.15, -0.1) is 0 Å². The summed E-state index contributed by atoms with van der Waals surface area (Å²) in [7, 11) is 0. The van der Waals surface area contributed by atoms with Crippen molar-refractivity contribution in [2.45, 2.75) is 13.5 Å². The summed E-state index contributed by atoms with van der Waals surface area (Å²) in [6.07, 6.45) is 2.98. The van der Waals surface area contributed by atoms with Gasteiger partial charge in [-0.1, -0.05) is 6.07 Å². The van der Waals surface area contributed by atoms with Crippen LogP contribution in [-0.2, 0) is 6.54 Å². The maximum atomic E-state index is 11.9. The van der Waals surface area contributed by atoms with Gasteiger partial charge in [-0.05, 0) is 30.7 Å². The van der Waals surface area contributed by atoms with Gasteiger partial charge in [0.2, 0.25) is 0 Å². The van der Waals surface area contributed by atoms with E-state index in [1.54, 1.807) is 6.20 Å². The van der Waals surface area contributed by atoms with E-state index in [1.807, 2.05) is 19.1 Å². The van der Waals surface area contributed by atoms with Gasteiger partial charge in [-0.2, -0.15) is 0 Å². The maximum absolute atomic E-state index is 11.9. The molecule has 6 heteroatoms. The van der Waals surface area contributed by atoms with Crippen molar-refractivity contribution >= 4 is 11.9 Å². The molecule has 2 N–H and O–H groups in total. The number of carboxylic acids is 1. The molecular weight excluding hydrogens is 258 g/mol. The van der Waals surface area contributed by atoms with Crippen LogP contribution in [0.2, 0.25) is 0 Å². The minimum atomic E-state index is -1.16. The lowest BCUT2D eigenvalue weighted by atomic mass is 10.2. The molecule has 0 aliphatic rings. The summed E-state index contributed by atoms with van der Waals surface area (Å²) in [6.45, 7) is 2.21. The van der Waals surface area contributed by atoms with E-state index in [0.717, 1.165) is 11.3 Å². The predicted octanol–water partition coefficient (Wildman–Crippen LogP) is 1.41. The van der Waals surface area contributed by atoms with Gasteiger partial charge in [0.05, 0.1) is 0 Å². The quantitative estimate of drug-likeness (QED) is 0.877. The highest BCUT2D eigenvalue weighted by Crippen LogP contribution is 2.04. The van der Waals surface area contributed by atoms with Crippen LogP contribution in [0.25, 0.3) is 0 Å². The number of amides is 1. The van der Waals surface area contributed by atoms with Crippen LogP contribution in [0.5, 0.6) is 0 Å². The Morgan fingerprint density at radius 3 is 2.70 bits per heavy atom. The highest BCUT2D eigenvalue weighted by Gasteiger charge is 2.10. The number of pyridine rings is 2. The van der Waals surface area contributed by atoms with Crippen LogP contribution in [-0.4, -0.2) is 27.0 Å². The van der Waals surface area contributed by atoms with Gasteiger partial charge >= 0.3 is 5.97 Å². The molecule has 2 heterocycles. The first-order valence-corrected chi connectivity index (χ1v) is 5.95. The second kappa shape index (κ2) is 5.92. The number of nitrogens with zero attached hydrogens (tertiary/aromatic N) is 2. The predicted molar refractivity (Wildman–Crippen MR) is 71.3 cm³/mol. The van der Waals surface area contributed by atoms with Gasteiger partial charge in [0.15, 0.2) is 0 Å². The molecule has 2 aromatic rings. The van der Waals surface area contributed by atoms with Crippen molar-refractivity contribution in [3.05, 3.63) is 59.2 Å². The van der Waals surface area contributed by atoms with Crippen molar-refractivity contribution in [1.29, 1.82) is 0 Å². The molecule has 0 spiro atoms. The van der Waals surface area contributed by atoms with E-state index in [1.165, 1.54) is 18.3 Å². The molecule has 0 atom stereocenters. The lowest BCUT2D eigenvalue weighted by Crippen LogP contribution is -2.23. The number of rotatable bonds is 4. The Hall–Kier alpha value is -2.76. The fourth-order valence-electron chi connectivity index (χ4n) is 1.58. The number of nitrogens with one attached hydrogen (secondary N) is 1. The largest absolute Gasteiger partial charge is 0.477 e. The second-order valence-electron chi connectivity index (χ2n) is 4.23. The summed E-state index contributed by atoms with van der Waals surface area (Å²) in [4.78, 5) is 30.5. The van der Waals surface area contributed by atoms with Crippen LogP contribution in [0.1, 0.15) is 32.1 Å². The molecule has 0 saturated heterocycles. The smallest absolute Gasteiger partial charge is 0.354 e. The summed E-state index contributed by atoms with van der Waals surface area (Å²) in [5, 5.41) is 11.5. The first kappa shape index (κ1) is 13.7. The van der Waals surface area contributed by atoms with Gasteiger partial charge in [0.25, 0.3) is 5.91 Å². The number of aryl methyl sites for hydroxylation is 1. The van der Waals surface area contributed by atoms with E-state index in [0.29, 0.717) is 6.54 Å². The third-order valence-electron chi connectivity index (χ3n) is 2.67. The molecule has 1 amide bonds. The number of hydrogen-bond donors (Lipinski definition) is 2. The number of carboxylic acid groups (broad SMARTS) is 1. The zero-order valence-corrected chi connectivity index (χ0v) is 10.8. The first-order valence-electron chi connectivity index (χ1n) is 5.95. The Morgan fingerprint density at radius 1 is 1.25 bits per heavy atom. The maximum Gasteiger partial charge on any atom is 0.354 e. The number of carbonyl (C=O) groups excluding carboxylic acids is 1. The van der Waals surface area contributed by atoms with Crippen LogP contribution in [0.3, 0.4) is 0 Å². The van der Waals surface area contributed by atoms with Gasteiger partial charge in [0.1, 0.15) is 5.69 Å². The van der Waals surface area contributed by atoms with Crippen molar-refractivity contribution < 1.29 is 14.7 Å². The van der Waals surface area contributed by atoms with Gasteiger partial charge in [-0.3, -0.25) is 9.78 Å². The molecule has 2 rings (SSSR count). The summed E-state index contributed by atoms with van der Waals surface area (Å²) in [6, 6.07) is 6.44. The molecule has 102 valence electrons. The van der Waals surface area contributed by atoms with Crippen LogP contribution in [0.15, 0.2) is 36.7 Å². The third kappa shape index (κ3) is 3.38. The molecule has 2 aromatic heterocycles. The first-order chi connectivity index (χ1) is 9.56. The molecular formula is C14H13N3O3.